The topological polar surface area (TPSA) is 86.6 Å². The number of carboxylic acid groups (broad SMARTS) is 2. The predicted octanol–water partition coefficient (Wildman–Crippen LogP) is -3.50. The Morgan fingerprint density at radius 3 is 1.85 bits per heavy atom. The third-order valence-corrected chi connectivity index (χ3v) is 2.05. The second-order valence-electron chi connectivity index (χ2n) is 2.96. The number of hydrogen-bond donors (Lipinski definition) is 3. The maximum absolute atomic E-state index is 10.5. The fourth-order valence-electron chi connectivity index (χ4n) is 1.32. The van der Waals surface area contributed by atoms with Crippen LogP contribution in [0.15, 0.2) is 0 Å². The van der Waals surface area contributed by atoms with Gasteiger partial charge in [-0.15, -0.1) is 0 Å². The molecule has 13 heavy (non-hydrogen) atoms. The standard InChI is InChI=1S/C7H11NO4.Na.H/c9-6(10)4-1-5(7(11)12)3-8-2-4;;/h4-5,8H,1-3H2,(H,9,10)(H,11,12);;/q;+1;-1. The van der Waals surface area contributed by atoms with Crippen LogP contribution in [0.25, 0.3) is 0 Å². The molecule has 1 aliphatic rings. The minimum absolute atomic E-state index is 0. The van der Waals surface area contributed by atoms with Gasteiger partial charge in [0.15, 0.2) is 0 Å². The van der Waals surface area contributed by atoms with Gasteiger partial charge in [0.2, 0.25) is 0 Å². The van der Waals surface area contributed by atoms with E-state index in [0.717, 1.165) is 0 Å². The Balaban J connectivity index is 0. The number of carboxylic acids is 2. The van der Waals surface area contributed by atoms with Crippen LogP contribution in [-0.4, -0.2) is 35.2 Å². The second kappa shape index (κ2) is 5.59. The van der Waals surface area contributed by atoms with Crippen LogP contribution in [0.5, 0.6) is 0 Å². The van der Waals surface area contributed by atoms with Crippen molar-refractivity contribution >= 4 is 11.9 Å². The van der Waals surface area contributed by atoms with E-state index in [4.69, 9.17) is 10.2 Å². The molecule has 0 amide bonds. The summed E-state index contributed by atoms with van der Waals surface area (Å²) in [6.45, 7) is 0.748. The summed E-state index contributed by atoms with van der Waals surface area (Å²) in [5.74, 6) is -2.96. The van der Waals surface area contributed by atoms with Gasteiger partial charge in [-0.05, 0) is 6.42 Å². The van der Waals surface area contributed by atoms with E-state index in [0.29, 0.717) is 13.1 Å². The van der Waals surface area contributed by atoms with E-state index in [1.54, 1.807) is 0 Å². The molecule has 2 unspecified atom stereocenters. The van der Waals surface area contributed by atoms with Crippen LogP contribution in [-0.2, 0) is 9.59 Å². The van der Waals surface area contributed by atoms with E-state index in [1.807, 2.05) is 0 Å². The molecular weight excluding hydrogens is 185 g/mol. The van der Waals surface area contributed by atoms with Gasteiger partial charge in [0.05, 0.1) is 11.8 Å². The van der Waals surface area contributed by atoms with E-state index in [9.17, 15) is 9.59 Å². The number of hydrogen-bond acceptors (Lipinski definition) is 3. The summed E-state index contributed by atoms with van der Waals surface area (Å²) in [5, 5.41) is 20.0. The molecule has 1 heterocycles. The van der Waals surface area contributed by atoms with E-state index >= 15 is 0 Å². The van der Waals surface area contributed by atoms with Gasteiger partial charge in [0, 0.05) is 13.1 Å². The zero-order chi connectivity index (χ0) is 9.14. The van der Waals surface area contributed by atoms with Crippen molar-refractivity contribution in [2.75, 3.05) is 13.1 Å². The van der Waals surface area contributed by atoms with Crippen LogP contribution in [0.4, 0.5) is 0 Å². The first-order valence-electron chi connectivity index (χ1n) is 3.77. The Morgan fingerprint density at radius 2 is 1.54 bits per heavy atom. The average Bonchev–Trinajstić information content (AvgIpc) is 2.04. The fourth-order valence-corrected chi connectivity index (χ4v) is 1.32. The number of nitrogens with one attached hydrogen (secondary N) is 1. The zero-order valence-corrected chi connectivity index (χ0v) is 9.49. The Hall–Kier alpha value is -0.100. The summed E-state index contributed by atoms with van der Waals surface area (Å²) in [6, 6.07) is 0. The fraction of sp³-hybridized carbons (Fsp3) is 0.714. The Morgan fingerprint density at radius 1 is 1.15 bits per heavy atom. The van der Waals surface area contributed by atoms with Crippen LogP contribution < -0.4 is 34.9 Å². The number of aliphatic carboxylic acids is 2. The largest absolute Gasteiger partial charge is 1.00 e. The van der Waals surface area contributed by atoms with E-state index in [2.05, 4.69) is 5.32 Å². The normalized spacial score (nSPS) is 27.4. The summed E-state index contributed by atoms with van der Waals surface area (Å²) in [5.41, 5.74) is 0. The molecule has 5 nitrogen and oxygen atoms in total. The van der Waals surface area contributed by atoms with Gasteiger partial charge in [-0.25, -0.2) is 0 Å². The van der Waals surface area contributed by atoms with Gasteiger partial charge < -0.3 is 17.0 Å². The average molecular weight is 197 g/mol. The van der Waals surface area contributed by atoms with Crippen LogP contribution in [0.2, 0.25) is 0 Å². The summed E-state index contributed by atoms with van der Waals surface area (Å²) in [7, 11) is 0. The molecule has 1 aliphatic heterocycles. The molecule has 0 radical (unpaired) electrons. The molecule has 0 aromatic heterocycles. The number of piperidine rings is 1. The molecule has 0 aromatic carbocycles. The van der Waals surface area contributed by atoms with Gasteiger partial charge in [0.25, 0.3) is 0 Å². The van der Waals surface area contributed by atoms with Gasteiger partial charge in [-0.1, -0.05) is 0 Å². The molecule has 0 bridgehead atoms. The number of rotatable bonds is 2. The predicted molar refractivity (Wildman–Crippen MR) is 40.9 cm³/mol. The minimum atomic E-state index is -0.923. The first-order chi connectivity index (χ1) is 5.61. The monoisotopic (exact) mass is 197 g/mol. The molecule has 0 saturated carbocycles. The quantitative estimate of drug-likeness (QED) is 0.400. The van der Waals surface area contributed by atoms with Gasteiger partial charge in [-0.2, -0.15) is 0 Å². The molecule has 1 saturated heterocycles. The third-order valence-electron chi connectivity index (χ3n) is 2.05. The maximum atomic E-state index is 10.5. The smallest absolute Gasteiger partial charge is 1.00 e. The molecule has 3 N–H and O–H groups in total. The maximum Gasteiger partial charge on any atom is 1.00 e. The summed E-state index contributed by atoms with van der Waals surface area (Å²) in [4.78, 5) is 21.0. The third kappa shape index (κ3) is 3.64. The molecule has 70 valence electrons. The van der Waals surface area contributed by atoms with E-state index in [-0.39, 0.29) is 37.4 Å². The molecule has 1 fully saturated rings. The van der Waals surface area contributed by atoms with Crippen molar-refractivity contribution in [3.63, 3.8) is 0 Å². The summed E-state index contributed by atoms with van der Waals surface area (Å²) < 4.78 is 0. The Bertz CT molecular complexity index is 194. The van der Waals surface area contributed by atoms with Crippen LogP contribution in [0.3, 0.4) is 0 Å². The second-order valence-corrected chi connectivity index (χ2v) is 2.96. The van der Waals surface area contributed by atoms with Gasteiger partial charge in [0.1, 0.15) is 0 Å². The molecule has 6 heteroatoms. The van der Waals surface area contributed by atoms with Crippen molar-refractivity contribution in [1.29, 1.82) is 0 Å². The van der Waals surface area contributed by atoms with Crippen molar-refractivity contribution < 1.29 is 50.8 Å². The van der Waals surface area contributed by atoms with Gasteiger partial charge in [-0.3, -0.25) is 9.59 Å². The summed E-state index contributed by atoms with van der Waals surface area (Å²) >= 11 is 0. The SMILES string of the molecule is O=C(O)C1CNCC(C(=O)O)C1.[H-].[Na+]. The van der Waals surface area contributed by atoms with Crippen LogP contribution in [0, 0.1) is 11.8 Å². The Labute approximate surface area is 99.3 Å². The molecule has 2 atom stereocenters. The van der Waals surface area contributed by atoms with E-state index < -0.39 is 23.8 Å². The minimum Gasteiger partial charge on any atom is -1.00 e. The van der Waals surface area contributed by atoms with E-state index in [1.165, 1.54) is 0 Å². The van der Waals surface area contributed by atoms with Crippen LogP contribution in [0.1, 0.15) is 7.85 Å². The molecule has 0 aliphatic carbocycles. The van der Waals surface area contributed by atoms with Crippen molar-refractivity contribution in [3.05, 3.63) is 0 Å². The van der Waals surface area contributed by atoms with Gasteiger partial charge >= 0.3 is 41.5 Å². The number of carbonyl (C=O) groups is 2. The first-order valence-corrected chi connectivity index (χ1v) is 3.77. The van der Waals surface area contributed by atoms with Crippen molar-refractivity contribution in [3.8, 4) is 0 Å². The molecule has 0 aromatic rings. The summed E-state index contributed by atoms with van der Waals surface area (Å²) in [6.07, 6.45) is 0.234. The van der Waals surface area contributed by atoms with Crippen molar-refractivity contribution in [2.45, 2.75) is 6.42 Å². The molecular formula is C7H12NNaO4. The first kappa shape index (κ1) is 12.9. The van der Waals surface area contributed by atoms with Crippen LogP contribution >= 0.6 is 0 Å². The molecule has 0 spiro atoms. The zero-order valence-electron chi connectivity index (χ0n) is 8.49. The van der Waals surface area contributed by atoms with Crippen molar-refractivity contribution in [1.82, 2.24) is 5.32 Å². The Kier molecular flexibility index (Phi) is 5.55. The van der Waals surface area contributed by atoms with Crippen molar-refractivity contribution in [2.24, 2.45) is 11.8 Å². The molecule has 1 rings (SSSR count).